The molecule has 0 bridgehead atoms. The molecule has 22 heavy (non-hydrogen) atoms. The van der Waals surface area contributed by atoms with E-state index in [2.05, 4.69) is 59.2 Å². The number of fused-ring (bicyclic) bond motifs is 3. The molecule has 0 saturated heterocycles. The molecule has 0 fully saturated rings. The Hall–Kier alpha value is -2.02. The highest BCUT2D eigenvalue weighted by Crippen LogP contribution is 2.28. The fraction of sp³-hybridized carbons (Fsp3) is 0.333. The van der Waals surface area contributed by atoms with Crippen molar-refractivity contribution in [1.29, 1.82) is 0 Å². The van der Waals surface area contributed by atoms with Crippen molar-refractivity contribution in [2.24, 2.45) is 0 Å². The van der Waals surface area contributed by atoms with E-state index in [-0.39, 0.29) is 0 Å². The van der Waals surface area contributed by atoms with Crippen molar-refractivity contribution in [2.45, 2.75) is 45.1 Å². The Kier molecular flexibility index (Phi) is 3.72. The molecule has 2 aromatic carbocycles. The number of rotatable bonds is 1. The van der Waals surface area contributed by atoms with Gasteiger partial charge in [0.2, 0.25) is 0 Å². The smallest absolute Gasteiger partial charge is 0.0482 e. The van der Waals surface area contributed by atoms with Crippen LogP contribution in [0.3, 0.4) is 0 Å². The molecule has 0 radical (unpaired) electrons. The summed E-state index contributed by atoms with van der Waals surface area (Å²) in [6.45, 7) is 1.18. The predicted molar refractivity (Wildman–Crippen MR) is 94.2 cm³/mol. The van der Waals surface area contributed by atoms with E-state index in [0.29, 0.717) is 0 Å². The summed E-state index contributed by atoms with van der Waals surface area (Å²) in [6, 6.07) is 20.1. The van der Waals surface area contributed by atoms with Crippen LogP contribution in [0.15, 0.2) is 54.6 Å². The first-order chi connectivity index (χ1) is 10.9. The van der Waals surface area contributed by atoms with E-state index in [1.807, 2.05) is 0 Å². The van der Waals surface area contributed by atoms with Gasteiger partial charge >= 0.3 is 0 Å². The lowest BCUT2D eigenvalue weighted by Crippen LogP contribution is -2.01. The highest BCUT2D eigenvalue weighted by Gasteiger charge is 2.11. The molecular formula is C21H23N. The van der Waals surface area contributed by atoms with E-state index < -0.39 is 0 Å². The second-order valence-electron chi connectivity index (χ2n) is 6.44. The number of hydrogen-bond donors (Lipinski definition) is 0. The van der Waals surface area contributed by atoms with Crippen LogP contribution in [0.1, 0.15) is 37.8 Å². The van der Waals surface area contributed by atoms with Gasteiger partial charge in [-0.05, 0) is 48.6 Å². The summed E-state index contributed by atoms with van der Waals surface area (Å²) in [7, 11) is 0. The van der Waals surface area contributed by atoms with Crippen LogP contribution in [0.5, 0.6) is 0 Å². The van der Waals surface area contributed by atoms with Crippen LogP contribution >= 0.6 is 0 Å². The summed E-state index contributed by atoms with van der Waals surface area (Å²) in [5.74, 6) is 0. The number of aromatic nitrogens is 1. The molecule has 3 aromatic rings. The maximum Gasteiger partial charge on any atom is 0.0482 e. The Bertz CT molecular complexity index is 767. The van der Waals surface area contributed by atoms with Crippen molar-refractivity contribution in [3.05, 3.63) is 60.3 Å². The number of benzene rings is 2. The summed E-state index contributed by atoms with van der Waals surface area (Å²) < 4.78 is 2.56. The van der Waals surface area contributed by atoms with Gasteiger partial charge in [0.25, 0.3) is 0 Å². The minimum absolute atomic E-state index is 1.18. The fourth-order valence-electron chi connectivity index (χ4n) is 3.72. The third-order valence-electron chi connectivity index (χ3n) is 4.91. The topological polar surface area (TPSA) is 4.93 Å². The molecule has 0 atom stereocenters. The first-order valence-electron chi connectivity index (χ1n) is 8.59. The third kappa shape index (κ3) is 2.56. The van der Waals surface area contributed by atoms with Crippen LogP contribution in [0.2, 0.25) is 0 Å². The van der Waals surface area contributed by atoms with Crippen LogP contribution in [0, 0.1) is 0 Å². The maximum atomic E-state index is 2.56. The Morgan fingerprint density at radius 3 is 2.41 bits per heavy atom. The molecule has 0 aliphatic carbocycles. The quantitative estimate of drug-likeness (QED) is 0.532. The second kappa shape index (κ2) is 6.00. The largest absolute Gasteiger partial charge is 0.345 e. The highest BCUT2D eigenvalue weighted by molar-refractivity contribution is 5.86. The van der Waals surface area contributed by atoms with Gasteiger partial charge in [0.05, 0.1) is 0 Å². The standard InChI is InChI=1S/C21H23N/c1-2-7-11-20-16-19-15-18(17-9-5-4-6-10-17)12-13-21(19)22(20)14-8-3-1/h4-6,9-10,12-13,15-16H,1-3,7-8,11,14H2. The lowest BCUT2D eigenvalue weighted by Gasteiger charge is -2.09. The second-order valence-corrected chi connectivity index (χ2v) is 6.44. The zero-order valence-electron chi connectivity index (χ0n) is 13.1. The molecule has 1 heteroatoms. The molecule has 1 nitrogen and oxygen atoms in total. The Morgan fingerprint density at radius 1 is 0.682 bits per heavy atom. The molecular weight excluding hydrogens is 266 g/mol. The van der Waals surface area contributed by atoms with Crippen LogP contribution in [0.4, 0.5) is 0 Å². The summed E-state index contributed by atoms with van der Waals surface area (Å²) in [6.07, 6.45) is 8.05. The van der Waals surface area contributed by atoms with Gasteiger partial charge in [-0.15, -0.1) is 0 Å². The van der Waals surface area contributed by atoms with E-state index >= 15 is 0 Å². The predicted octanol–water partition coefficient (Wildman–Crippen LogP) is 5.81. The maximum absolute atomic E-state index is 2.56. The molecule has 1 aromatic heterocycles. The van der Waals surface area contributed by atoms with Gasteiger partial charge in [0, 0.05) is 23.1 Å². The summed E-state index contributed by atoms with van der Waals surface area (Å²) >= 11 is 0. The lowest BCUT2D eigenvalue weighted by molar-refractivity contribution is 0.595. The molecule has 2 heterocycles. The van der Waals surface area contributed by atoms with Crippen molar-refractivity contribution in [2.75, 3.05) is 0 Å². The summed E-state index contributed by atoms with van der Waals surface area (Å²) in [4.78, 5) is 0. The average Bonchev–Trinajstić information content (AvgIpc) is 2.95. The molecule has 1 aliphatic rings. The van der Waals surface area contributed by atoms with Crippen molar-refractivity contribution < 1.29 is 0 Å². The van der Waals surface area contributed by atoms with Gasteiger partial charge in [-0.25, -0.2) is 0 Å². The van der Waals surface area contributed by atoms with Crippen LogP contribution < -0.4 is 0 Å². The van der Waals surface area contributed by atoms with Gasteiger partial charge in [0.1, 0.15) is 0 Å². The zero-order valence-corrected chi connectivity index (χ0v) is 13.1. The number of nitrogens with zero attached hydrogens (tertiary/aromatic N) is 1. The average molecular weight is 289 g/mol. The molecule has 0 spiro atoms. The highest BCUT2D eigenvalue weighted by atomic mass is 15.0. The van der Waals surface area contributed by atoms with Crippen LogP contribution in [-0.2, 0) is 13.0 Å². The minimum Gasteiger partial charge on any atom is -0.345 e. The molecule has 0 N–H and O–H groups in total. The fourth-order valence-corrected chi connectivity index (χ4v) is 3.72. The van der Waals surface area contributed by atoms with Gasteiger partial charge in [-0.2, -0.15) is 0 Å². The molecule has 112 valence electrons. The minimum atomic E-state index is 1.18. The Balaban J connectivity index is 1.78. The van der Waals surface area contributed by atoms with Crippen LogP contribution in [0.25, 0.3) is 22.0 Å². The molecule has 1 aliphatic heterocycles. The van der Waals surface area contributed by atoms with E-state index in [1.165, 1.54) is 72.8 Å². The Labute approximate surface area is 132 Å². The SMILES string of the molecule is c1ccc(-c2ccc3c(c2)cc2n3CCCCCCC2)cc1. The molecule has 0 saturated carbocycles. The van der Waals surface area contributed by atoms with Crippen molar-refractivity contribution in [3.63, 3.8) is 0 Å². The van der Waals surface area contributed by atoms with Crippen molar-refractivity contribution in [3.8, 4) is 11.1 Å². The van der Waals surface area contributed by atoms with Gasteiger partial charge < -0.3 is 4.57 Å². The van der Waals surface area contributed by atoms with Crippen LogP contribution in [-0.4, -0.2) is 4.57 Å². The zero-order chi connectivity index (χ0) is 14.8. The third-order valence-corrected chi connectivity index (χ3v) is 4.91. The van der Waals surface area contributed by atoms with E-state index in [4.69, 9.17) is 0 Å². The number of hydrogen-bond acceptors (Lipinski definition) is 0. The molecule has 4 rings (SSSR count). The lowest BCUT2D eigenvalue weighted by atomic mass is 10.0. The van der Waals surface area contributed by atoms with E-state index in [0.717, 1.165) is 0 Å². The Morgan fingerprint density at radius 2 is 1.50 bits per heavy atom. The normalized spacial score (nSPS) is 15.8. The summed E-state index contributed by atoms with van der Waals surface area (Å²) in [5.41, 5.74) is 5.57. The summed E-state index contributed by atoms with van der Waals surface area (Å²) in [5, 5.41) is 1.40. The van der Waals surface area contributed by atoms with E-state index in [1.54, 1.807) is 0 Å². The van der Waals surface area contributed by atoms with Gasteiger partial charge in [-0.1, -0.05) is 55.7 Å². The van der Waals surface area contributed by atoms with Crippen molar-refractivity contribution >= 4 is 10.9 Å². The molecule has 0 amide bonds. The monoisotopic (exact) mass is 289 g/mol. The van der Waals surface area contributed by atoms with E-state index in [9.17, 15) is 0 Å². The number of aryl methyl sites for hydroxylation is 2. The first kappa shape index (κ1) is 13.6. The first-order valence-corrected chi connectivity index (χ1v) is 8.59. The van der Waals surface area contributed by atoms with Gasteiger partial charge in [0.15, 0.2) is 0 Å². The van der Waals surface area contributed by atoms with Crippen molar-refractivity contribution in [1.82, 2.24) is 4.57 Å². The van der Waals surface area contributed by atoms with Gasteiger partial charge in [-0.3, -0.25) is 0 Å². The molecule has 0 unspecified atom stereocenters.